The summed E-state index contributed by atoms with van der Waals surface area (Å²) in [7, 11) is -2.80. The second-order valence-electron chi connectivity index (χ2n) is 5.85. The molecule has 108 valence electrons. The van der Waals surface area contributed by atoms with Crippen molar-refractivity contribution in [3.05, 3.63) is 0 Å². The van der Waals surface area contributed by atoms with Gasteiger partial charge in [-0.3, -0.25) is 5.32 Å². The second kappa shape index (κ2) is 6.07. The first kappa shape index (κ1) is 16.2. The van der Waals surface area contributed by atoms with E-state index in [4.69, 9.17) is 4.74 Å². The number of hydrogen-bond donors (Lipinski definition) is 1. The van der Waals surface area contributed by atoms with Gasteiger partial charge in [0.1, 0.15) is 5.72 Å². The van der Waals surface area contributed by atoms with Gasteiger partial charge in [0.2, 0.25) is 0 Å². The van der Waals surface area contributed by atoms with E-state index in [9.17, 15) is 8.42 Å². The molecule has 2 saturated heterocycles. The van der Waals surface area contributed by atoms with Crippen molar-refractivity contribution >= 4 is 22.2 Å². The largest absolute Gasteiger partial charge is 0.361 e. The average molecular weight is 298 g/mol. The monoisotopic (exact) mass is 297 g/mol. The maximum Gasteiger partial charge on any atom is 0.150 e. The predicted molar refractivity (Wildman–Crippen MR) is 74.8 cm³/mol. The van der Waals surface area contributed by atoms with Crippen LogP contribution < -0.4 is 5.32 Å². The van der Waals surface area contributed by atoms with Gasteiger partial charge in [0, 0.05) is 6.54 Å². The summed E-state index contributed by atoms with van der Waals surface area (Å²) in [6, 6.07) is 0. The first-order chi connectivity index (χ1) is 7.89. The van der Waals surface area contributed by atoms with Crippen molar-refractivity contribution in [1.82, 2.24) is 5.32 Å². The van der Waals surface area contributed by atoms with Crippen molar-refractivity contribution in [2.75, 3.05) is 24.7 Å². The molecule has 0 aromatic heterocycles. The van der Waals surface area contributed by atoms with Crippen LogP contribution in [-0.4, -0.2) is 38.8 Å². The topological polar surface area (TPSA) is 55.4 Å². The number of hydrogen-bond acceptors (Lipinski definition) is 4. The molecule has 3 atom stereocenters. The summed E-state index contributed by atoms with van der Waals surface area (Å²) in [5.41, 5.74) is -0.329. The summed E-state index contributed by atoms with van der Waals surface area (Å²) in [6.45, 7) is 5.91. The molecule has 6 heteroatoms. The molecule has 0 aromatic rings. The highest BCUT2D eigenvalue weighted by molar-refractivity contribution is 7.91. The zero-order valence-electron chi connectivity index (χ0n) is 11.1. The van der Waals surface area contributed by atoms with Crippen molar-refractivity contribution in [2.24, 2.45) is 11.8 Å². The average Bonchev–Trinajstić information content (AvgIpc) is 2.21. The minimum Gasteiger partial charge on any atom is -0.361 e. The Labute approximate surface area is 116 Å². The van der Waals surface area contributed by atoms with Crippen LogP contribution in [0.3, 0.4) is 0 Å². The van der Waals surface area contributed by atoms with Gasteiger partial charge in [-0.1, -0.05) is 6.92 Å². The third-order valence-electron chi connectivity index (χ3n) is 3.75. The summed E-state index contributed by atoms with van der Waals surface area (Å²) in [5.74, 6) is 1.49. The van der Waals surface area contributed by atoms with Crippen molar-refractivity contribution in [3.63, 3.8) is 0 Å². The van der Waals surface area contributed by atoms with Crippen LogP contribution in [0.5, 0.6) is 0 Å². The molecule has 0 radical (unpaired) electrons. The Kier molecular flexibility index (Phi) is 5.47. The minimum atomic E-state index is -2.80. The molecule has 1 N–H and O–H groups in total. The van der Waals surface area contributed by atoms with E-state index in [2.05, 4.69) is 12.2 Å². The highest BCUT2D eigenvalue weighted by atomic mass is 35.5. The van der Waals surface area contributed by atoms with Crippen LogP contribution >= 0.6 is 12.4 Å². The van der Waals surface area contributed by atoms with Crippen molar-refractivity contribution in [2.45, 2.75) is 38.8 Å². The van der Waals surface area contributed by atoms with Crippen LogP contribution in [0.4, 0.5) is 0 Å². The Morgan fingerprint density at radius 3 is 2.72 bits per heavy atom. The van der Waals surface area contributed by atoms with E-state index in [1.165, 1.54) is 0 Å². The summed E-state index contributed by atoms with van der Waals surface area (Å²) in [4.78, 5) is 0. The number of sulfone groups is 1. The van der Waals surface area contributed by atoms with Crippen molar-refractivity contribution < 1.29 is 13.2 Å². The summed E-state index contributed by atoms with van der Waals surface area (Å²) >= 11 is 0. The number of rotatable bonds is 2. The minimum absolute atomic E-state index is 0. The molecule has 2 heterocycles. The Balaban J connectivity index is 0.00000162. The summed E-state index contributed by atoms with van der Waals surface area (Å²) < 4.78 is 29.0. The quantitative estimate of drug-likeness (QED) is 0.841. The maximum absolute atomic E-state index is 11.6. The predicted octanol–water partition coefficient (Wildman–Crippen LogP) is 1.60. The van der Waals surface area contributed by atoms with Crippen molar-refractivity contribution in [3.8, 4) is 0 Å². The normalized spacial score (nSPS) is 39.9. The van der Waals surface area contributed by atoms with Gasteiger partial charge in [-0.15, -0.1) is 12.4 Å². The van der Waals surface area contributed by atoms with Gasteiger partial charge in [-0.05, 0) is 38.0 Å². The lowest BCUT2D eigenvalue weighted by Crippen LogP contribution is -2.53. The smallest absolute Gasteiger partial charge is 0.150 e. The van der Waals surface area contributed by atoms with Gasteiger partial charge in [0.05, 0.1) is 18.1 Å². The molecule has 0 amide bonds. The SMILES string of the molecule is CC1CNC(C)(CC2CCCS(=O)(=O)C2)OC1.Cl. The first-order valence-electron chi connectivity index (χ1n) is 6.48. The fourth-order valence-electron chi connectivity index (χ4n) is 2.79. The molecule has 0 aromatic carbocycles. The third-order valence-corrected chi connectivity index (χ3v) is 5.64. The van der Waals surface area contributed by atoms with Crippen LogP contribution in [0, 0.1) is 11.8 Å². The molecule has 4 nitrogen and oxygen atoms in total. The fourth-order valence-corrected chi connectivity index (χ4v) is 4.56. The van der Waals surface area contributed by atoms with Gasteiger partial charge >= 0.3 is 0 Å². The van der Waals surface area contributed by atoms with E-state index in [1.807, 2.05) is 6.92 Å². The third kappa shape index (κ3) is 4.37. The van der Waals surface area contributed by atoms with Gasteiger partial charge in [-0.2, -0.15) is 0 Å². The van der Waals surface area contributed by atoms with E-state index < -0.39 is 9.84 Å². The van der Waals surface area contributed by atoms with E-state index in [-0.39, 0.29) is 24.0 Å². The first-order valence-corrected chi connectivity index (χ1v) is 8.30. The molecule has 0 bridgehead atoms. The zero-order valence-corrected chi connectivity index (χ0v) is 12.8. The van der Waals surface area contributed by atoms with E-state index in [1.54, 1.807) is 0 Å². The van der Waals surface area contributed by atoms with Crippen LogP contribution in [0.1, 0.15) is 33.1 Å². The van der Waals surface area contributed by atoms with E-state index in [0.29, 0.717) is 17.4 Å². The molecule has 2 fully saturated rings. The second-order valence-corrected chi connectivity index (χ2v) is 8.08. The molecule has 0 spiro atoms. The molecule has 2 rings (SSSR count). The number of ether oxygens (including phenoxy) is 1. The van der Waals surface area contributed by atoms with Crippen LogP contribution in [-0.2, 0) is 14.6 Å². The lowest BCUT2D eigenvalue weighted by atomic mass is 9.93. The summed E-state index contributed by atoms with van der Waals surface area (Å²) in [6.07, 6.45) is 2.62. The Morgan fingerprint density at radius 1 is 1.44 bits per heavy atom. The number of nitrogens with one attached hydrogen (secondary N) is 1. The van der Waals surface area contributed by atoms with Crippen molar-refractivity contribution in [1.29, 1.82) is 0 Å². The Bertz CT molecular complexity index is 364. The standard InChI is InChI=1S/C12H23NO3S.ClH/c1-10-7-13-12(2,16-8-10)6-11-4-3-5-17(14,15)9-11;/h10-11,13H,3-9H2,1-2H3;1H. The van der Waals surface area contributed by atoms with E-state index in [0.717, 1.165) is 32.4 Å². The fraction of sp³-hybridized carbons (Fsp3) is 1.00. The highest BCUT2D eigenvalue weighted by Crippen LogP contribution is 2.29. The van der Waals surface area contributed by atoms with Gasteiger partial charge in [0.25, 0.3) is 0 Å². The van der Waals surface area contributed by atoms with Gasteiger partial charge in [0.15, 0.2) is 9.84 Å². The Morgan fingerprint density at radius 2 is 2.17 bits per heavy atom. The maximum atomic E-state index is 11.6. The molecule has 3 unspecified atom stereocenters. The van der Waals surface area contributed by atoms with Crippen LogP contribution in [0.15, 0.2) is 0 Å². The van der Waals surface area contributed by atoms with Gasteiger partial charge in [-0.25, -0.2) is 8.42 Å². The van der Waals surface area contributed by atoms with Crippen LogP contribution in [0.25, 0.3) is 0 Å². The Hall–Kier alpha value is 0.160. The zero-order chi connectivity index (χ0) is 12.5. The lowest BCUT2D eigenvalue weighted by Gasteiger charge is -2.40. The summed E-state index contributed by atoms with van der Waals surface area (Å²) in [5, 5.41) is 3.40. The van der Waals surface area contributed by atoms with Crippen LogP contribution in [0.2, 0.25) is 0 Å². The molecule has 0 aliphatic carbocycles. The lowest BCUT2D eigenvalue weighted by molar-refractivity contribution is -0.112. The molecule has 18 heavy (non-hydrogen) atoms. The molecule has 2 aliphatic rings. The van der Waals surface area contributed by atoms with E-state index >= 15 is 0 Å². The highest BCUT2D eigenvalue weighted by Gasteiger charge is 2.35. The number of halogens is 1. The van der Waals surface area contributed by atoms with Gasteiger partial charge < -0.3 is 4.74 Å². The molecular weight excluding hydrogens is 274 g/mol. The molecule has 0 saturated carbocycles. The molecule has 2 aliphatic heterocycles. The molecular formula is C12H24ClNO3S.